The van der Waals surface area contributed by atoms with Gasteiger partial charge in [0.2, 0.25) is 0 Å². The zero-order valence-electron chi connectivity index (χ0n) is 19.2. The fourth-order valence-electron chi connectivity index (χ4n) is 4.42. The summed E-state index contributed by atoms with van der Waals surface area (Å²) in [5, 5.41) is 2.82. The Morgan fingerprint density at radius 2 is 1.44 bits per heavy atom. The van der Waals surface area contributed by atoms with Gasteiger partial charge < -0.3 is 24.8 Å². The summed E-state index contributed by atoms with van der Waals surface area (Å²) >= 11 is -0.159. The number of hydrogen-bond acceptors (Lipinski definition) is 0. The fraction of sp³-hybridized carbons (Fsp3) is 0.259. The first-order chi connectivity index (χ1) is 14.5. The van der Waals surface area contributed by atoms with Crippen molar-refractivity contribution in [3.63, 3.8) is 0 Å². The normalized spacial score (nSPS) is 11.0. The molecule has 0 atom stereocenters. The minimum Gasteiger partial charge on any atom is -0.168 e. The minimum atomic E-state index is -0.159. The molecule has 0 saturated carbocycles. The predicted molar refractivity (Wildman–Crippen MR) is 129 cm³/mol. The molecule has 166 valence electrons. The molecule has 1 aliphatic carbocycles. The van der Waals surface area contributed by atoms with Gasteiger partial charge in [-0.3, -0.25) is 0 Å². The van der Waals surface area contributed by atoms with E-state index >= 15 is 0 Å². The molecule has 32 heavy (non-hydrogen) atoms. The van der Waals surface area contributed by atoms with Crippen LogP contribution in [0.3, 0.4) is 0 Å². The van der Waals surface area contributed by atoms with Crippen molar-refractivity contribution in [2.75, 3.05) is 0 Å². The molecular formula is C27H28Cl2Si2Zr-4. The Bertz CT molecular complexity index is 1160. The summed E-state index contributed by atoms with van der Waals surface area (Å²) in [6.07, 6.45) is 3.79. The van der Waals surface area contributed by atoms with E-state index in [2.05, 4.69) is 102 Å². The van der Waals surface area contributed by atoms with E-state index in [4.69, 9.17) is 0 Å². The average Bonchev–Trinajstić information content (AvgIpc) is 3.45. The minimum absolute atomic E-state index is 0. The summed E-state index contributed by atoms with van der Waals surface area (Å²) in [4.78, 5) is 0. The van der Waals surface area contributed by atoms with E-state index in [1.807, 2.05) is 0 Å². The van der Waals surface area contributed by atoms with Crippen LogP contribution in [-0.2, 0) is 33.3 Å². The van der Waals surface area contributed by atoms with Crippen LogP contribution in [-0.4, -0.2) is 13.8 Å². The smallest absolute Gasteiger partial charge is 0.0276 e. The molecule has 0 heterocycles. The van der Waals surface area contributed by atoms with Crippen LogP contribution in [0.15, 0.2) is 60.7 Å². The Morgan fingerprint density at radius 3 is 1.97 bits per heavy atom. The summed E-state index contributed by atoms with van der Waals surface area (Å²) in [5.74, 6) is 0. The molecule has 4 aromatic carbocycles. The molecule has 0 aliphatic heterocycles. The zero-order valence-corrected chi connectivity index (χ0v) is 25.1. The molecule has 0 nitrogen and oxygen atoms in total. The van der Waals surface area contributed by atoms with Gasteiger partial charge >= 0.3 is 34.2 Å². The SMILES string of the molecule is Cc1[cH-]c(C)c(C)c1C.[Cl-].[Cl-].[Si]=[Zr]=[Si].c1ccc(-c2c3c(cc4[cH-]ccc24)CCC3)cc1. The van der Waals surface area contributed by atoms with Crippen LogP contribution in [0.25, 0.3) is 21.9 Å². The third-order valence-electron chi connectivity index (χ3n) is 6.25. The monoisotopic (exact) mass is 568 g/mol. The van der Waals surface area contributed by atoms with Crippen LogP contribution < -0.4 is 24.8 Å². The molecule has 0 unspecified atom stereocenters. The van der Waals surface area contributed by atoms with Gasteiger partial charge in [0.05, 0.1) is 0 Å². The van der Waals surface area contributed by atoms with Crippen molar-refractivity contribution < 1.29 is 45.3 Å². The number of hydrogen-bond donors (Lipinski definition) is 0. The molecule has 0 bridgehead atoms. The van der Waals surface area contributed by atoms with Crippen LogP contribution in [0.5, 0.6) is 0 Å². The van der Waals surface area contributed by atoms with E-state index in [1.165, 1.54) is 63.4 Å². The maximum absolute atomic E-state index is 3.27. The van der Waals surface area contributed by atoms with E-state index in [0.717, 1.165) is 0 Å². The van der Waals surface area contributed by atoms with Crippen LogP contribution in [0.2, 0.25) is 0 Å². The predicted octanol–water partition coefficient (Wildman–Crippen LogP) is 0.597. The second kappa shape index (κ2) is 13.9. The van der Waals surface area contributed by atoms with E-state index in [9.17, 15) is 0 Å². The standard InChI is InChI=1S/C18H15.C9H13.2ClH.2Si.Zr/c1-2-6-13(7-3-1)18-16-10-4-8-14(16)12-15-9-5-11-17(15)18;1-6-5-7(2)9(4)8(6)3;;;;;/h1-4,6-8,10,12H,5,9,11H2;5H,1-4H3;2*1H;;;/q2*-1;;;;;/p-2. The van der Waals surface area contributed by atoms with Crippen LogP contribution in [0, 0.1) is 27.7 Å². The molecule has 4 aromatic rings. The van der Waals surface area contributed by atoms with Gasteiger partial charge in [-0.15, -0.1) is 22.9 Å². The summed E-state index contributed by atoms with van der Waals surface area (Å²) in [6.45, 7) is 15.2. The van der Waals surface area contributed by atoms with Gasteiger partial charge in [0, 0.05) is 0 Å². The Kier molecular flexibility index (Phi) is 12.7. The van der Waals surface area contributed by atoms with Gasteiger partial charge in [-0.25, -0.2) is 0 Å². The Balaban J connectivity index is 0.000000314. The van der Waals surface area contributed by atoms with E-state index < -0.39 is 0 Å². The van der Waals surface area contributed by atoms with Crippen molar-refractivity contribution in [3.05, 3.63) is 94.0 Å². The van der Waals surface area contributed by atoms with Crippen molar-refractivity contribution in [1.82, 2.24) is 0 Å². The van der Waals surface area contributed by atoms with Gasteiger partial charge in [-0.05, 0) is 24.8 Å². The molecule has 0 fully saturated rings. The van der Waals surface area contributed by atoms with Crippen LogP contribution in [0.1, 0.15) is 39.8 Å². The maximum Gasteiger partial charge on any atom is -0.0276 e. The molecule has 4 radical (unpaired) electrons. The first-order valence-corrected chi connectivity index (χ1v) is 18.9. The number of benzene rings is 2. The Labute approximate surface area is 220 Å². The number of aryl methyl sites for hydroxylation is 3. The first kappa shape index (κ1) is 29.3. The van der Waals surface area contributed by atoms with Gasteiger partial charge in [0.25, 0.3) is 0 Å². The van der Waals surface area contributed by atoms with Crippen molar-refractivity contribution in [3.8, 4) is 11.1 Å². The van der Waals surface area contributed by atoms with Crippen LogP contribution in [0.4, 0.5) is 0 Å². The van der Waals surface area contributed by atoms with E-state index in [-0.39, 0.29) is 45.3 Å². The molecule has 0 saturated heterocycles. The third kappa shape index (κ3) is 6.67. The molecule has 0 aromatic heterocycles. The maximum atomic E-state index is 3.27. The first-order valence-electron chi connectivity index (χ1n) is 10.5. The molecule has 5 rings (SSSR count). The summed E-state index contributed by atoms with van der Waals surface area (Å²) in [7, 11) is 0. The second-order valence-corrected chi connectivity index (χ2v) is 14.6. The van der Waals surface area contributed by atoms with Crippen molar-refractivity contribution >= 4 is 24.5 Å². The molecular weight excluding hydrogens is 543 g/mol. The quantitative estimate of drug-likeness (QED) is 0.232. The van der Waals surface area contributed by atoms with Crippen molar-refractivity contribution in [2.45, 2.75) is 47.0 Å². The van der Waals surface area contributed by atoms with Gasteiger partial charge in [0.1, 0.15) is 0 Å². The molecule has 1 aliphatic rings. The van der Waals surface area contributed by atoms with Gasteiger partial charge in [0.15, 0.2) is 0 Å². The fourth-order valence-corrected chi connectivity index (χ4v) is 4.42. The van der Waals surface area contributed by atoms with Crippen molar-refractivity contribution in [1.29, 1.82) is 0 Å². The average molecular weight is 571 g/mol. The number of rotatable bonds is 1. The molecule has 0 spiro atoms. The topological polar surface area (TPSA) is 0 Å². The number of halogens is 2. The molecule has 5 heteroatoms. The molecule has 0 N–H and O–H groups in total. The second-order valence-electron chi connectivity index (χ2n) is 8.02. The summed E-state index contributed by atoms with van der Waals surface area (Å²) < 4.78 is 0. The Morgan fingerprint density at radius 1 is 0.844 bits per heavy atom. The third-order valence-corrected chi connectivity index (χ3v) is 6.25. The summed E-state index contributed by atoms with van der Waals surface area (Å²) in [6, 6.07) is 22.1. The van der Waals surface area contributed by atoms with Gasteiger partial charge in [-0.1, -0.05) is 74.7 Å². The van der Waals surface area contributed by atoms with E-state index in [1.54, 1.807) is 11.1 Å². The van der Waals surface area contributed by atoms with E-state index in [0.29, 0.717) is 0 Å². The van der Waals surface area contributed by atoms with Gasteiger partial charge in [-0.2, -0.15) is 40.5 Å². The molecule has 0 amide bonds. The Hall–Kier alpha value is -0.703. The number of fused-ring (bicyclic) bond motifs is 2. The largest absolute Gasteiger partial charge is 0.168 e. The zero-order chi connectivity index (χ0) is 21.7. The summed E-state index contributed by atoms with van der Waals surface area (Å²) in [5.41, 5.74) is 11.7. The van der Waals surface area contributed by atoms with Crippen molar-refractivity contribution in [2.24, 2.45) is 0 Å². The van der Waals surface area contributed by atoms with Crippen LogP contribution >= 0.6 is 0 Å².